The number of ether oxygens (including phenoxy) is 2. The SMILES string of the molecule is CC[C@H](C)[C@@H]([C@@H](CC(=O)N1CCC[C@H]1[C@H](OC)[C@@H](C)C(=O)NS(=O)(=O)c1ccc(CNC(=O)C(F)(F)F)cc1)OC)N(C)C(=O)CNC(=O)C(C(C)C)N(C)C. The van der Waals surface area contributed by atoms with Gasteiger partial charge in [-0.2, -0.15) is 13.2 Å². The zero-order valence-corrected chi connectivity index (χ0v) is 34.8. The lowest BCUT2D eigenvalue weighted by molar-refractivity contribution is -0.173. The van der Waals surface area contributed by atoms with Crippen LogP contribution in [-0.4, -0.2) is 138 Å². The second-order valence-electron chi connectivity index (χ2n) is 14.8. The van der Waals surface area contributed by atoms with Crippen LogP contribution in [-0.2, 0) is 50.0 Å². The number of amides is 5. The van der Waals surface area contributed by atoms with E-state index in [0.717, 1.165) is 12.1 Å². The smallest absolute Gasteiger partial charge is 0.379 e. The normalized spacial score (nSPS) is 18.1. The summed E-state index contributed by atoms with van der Waals surface area (Å²) in [6.45, 7) is 8.84. The molecule has 0 aliphatic carbocycles. The summed E-state index contributed by atoms with van der Waals surface area (Å²) in [6.07, 6.45) is -5.09. The van der Waals surface area contributed by atoms with Gasteiger partial charge in [-0.25, -0.2) is 13.1 Å². The largest absolute Gasteiger partial charge is 0.471 e. The van der Waals surface area contributed by atoms with Crippen molar-refractivity contribution in [1.82, 2.24) is 30.1 Å². The molecule has 0 saturated carbocycles. The third-order valence-corrected chi connectivity index (χ3v) is 11.7. The number of hydrogen-bond acceptors (Lipinski definition) is 10. The van der Waals surface area contributed by atoms with Crippen LogP contribution >= 0.6 is 0 Å². The van der Waals surface area contributed by atoms with E-state index >= 15 is 0 Å². The van der Waals surface area contributed by atoms with Crippen molar-refractivity contribution in [2.45, 2.75) is 108 Å². The lowest BCUT2D eigenvalue weighted by Crippen LogP contribution is -2.55. The van der Waals surface area contributed by atoms with Crippen LogP contribution in [0.1, 0.15) is 65.9 Å². The summed E-state index contributed by atoms with van der Waals surface area (Å²) < 4.78 is 77.2. The molecule has 1 unspecified atom stereocenters. The number of halogens is 3. The van der Waals surface area contributed by atoms with Crippen molar-refractivity contribution in [3.05, 3.63) is 29.8 Å². The van der Waals surface area contributed by atoms with Crippen LogP contribution in [0.5, 0.6) is 0 Å². The first-order valence-electron chi connectivity index (χ1n) is 18.6. The van der Waals surface area contributed by atoms with E-state index in [-0.39, 0.29) is 53.0 Å². The number of benzene rings is 1. The summed E-state index contributed by atoms with van der Waals surface area (Å²) in [7, 11) is 3.61. The Labute approximate surface area is 328 Å². The number of carbonyl (C=O) groups is 5. The molecule has 0 spiro atoms. The van der Waals surface area contributed by atoms with Gasteiger partial charge in [-0.3, -0.25) is 28.9 Å². The van der Waals surface area contributed by atoms with E-state index in [1.165, 1.54) is 38.2 Å². The molecule has 0 aromatic heterocycles. The predicted octanol–water partition coefficient (Wildman–Crippen LogP) is 2.29. The van der Waals surface area contributed by atoms with Crippen LogP contribution < -0.4 is 15.4 Å². The molecule has 1 saturated heterocycles. The summed E-state index contributed by atoms with van der Waals surface area (Å²) in [6, 6.07) is 3.04. The average molecular weight is 821 g/mol. The molecular weight excluding hydrogens is 762 g/mol. The number of sulfonamides is 1. The van der Waals surface area contributed by atoms with Crippen LogP contribution in [0.3, 0.4) is 0 Å². The van der Waals surface area contributed by atoms with Crippen molar-refractivity contribution < 1.29 is 55.0 Å². The minimum atomic E-state index is -5.07. The van der Waals surface area contributed by atoms with E-state index in [1.54, 1.807) is 36.3 Å². The number of likely N-dealkylation sites (tertiary alicyclic amines) is 1. The van der Waals surface area contributed by atoms with Gasteiger partial charge in [0, 0.05) is 34.4 Å². The standard InChI is InChI=1S/C37H59F3N6O9S/c1-11-23(4)32(45(8)30(48)21-41-35(50)31(22(2)3)44(6)7)28(54-9)19-29(47)46-18-12-13-27(46)33(55-10)24(5)34(49)43-56(52,53)26-16-14-25(15-17-26)20-42-36(51)37(38,39)40/h14-17,22-24,27-28,31-33H,11-13,18-21H2,1-10H3,(H,41,50)(H,42,51)(H,43,49)/t23-,24+,27-,28+,31?,32-,33+/m0/s1. The van der Waals surface area contributed by atoms with Crippen LogP contribution in [0.15, 0.2) is 29.2 Å². The van der Waals surface area contributed by atoms with E-state index in [0.29, 0.717) is 25.8 Å². The van der Waals surface area contributed by atoms with Crippen LogP contribution in [0.25, 0.3) is 0 Å². The fraction of sp³-hybridized carbons (Fsp3) is 0.703. The van der Waals surface area contributed by atoms with E-state index in [2.05, 4.69) is 5.32 Å². The molecule has 1 aromatic rings. The Morgan fingerprint density at radius 2 is 1.55 bits per heavy atom. The van der Waals surface area contributed by atoms with Gasteiger partial charge in [0.15, 0.2) is 0 Å². The third kappa shape index (κ3) is 12.9. The molecule has 1 aliphatic rings. The van der Waals surface area contributed by atoms with Crippen molar-refractivity contribution in [3.8, 4) is 0 Å². The Kier molecular flexibility index (Phi) is 18.2. The number of alkyl halides is 3. The predicted molar refractivity (Wildman–Crippen MR) is 201 cm³/mol. The molecule has 0 radical (unpaired) electrons. The van der Waals surface area contributed by atoms with Gasteiger partial charge in [-0.05, 0) is 56.5 Å². The van der Waals surface area contributed by atoms with Gasteiger partial charge in [0.25, 0.3) is 10.0 Å². The molecule has 15 nitrogen and oxygen atoms in total. The Morgan fingerprint density at radius 3 is 2.05 bits per heavy atom. The average Bonchev–Trinajstić information content (AvgIpc) is 3.61. The van der Waals surface area contributed by atoms with Crippen molar-refractivity contribution in [3.63, 3.8) is 0 Å². The molecule has 1 fully saturated rings. The fourth-order valence-electron chi connectivity index (χ4n) is 7.20. The van der Waals surface area contributed by atoms with E-state index in [1.807, 2.05) is 32.4 Å². The summed E-state index contributed by atoms with van der Waals surface area (Å²) in [5, 5.41) is 4.44. The Balaban J connectivity index is 2.17. The number of methoxy groups -OCH3 is 2. The minimum absolute atomic E-state index is 0.0143. The van der Waals surface area contributed by atoms with Gasteiger partial charge in [0.05, 0.1) is 54.1 Å². The van der Waals surface area contributed by atoms with Gasteiger partial charge in [-0.15, -0.1) is 0 Å². The zero-order valence-electron chi connectivity index (χ0n) is 33.9. The molecule has 5 amide bonds. The van der Waals surface area contributed by atoms with Gasteiger partial charge in [0.1, 0.15) is 0 Å². The van der Waals surface area contributed by atoms with Gasteiger partial charge in [-0.1, -0.05) is 53.2 Å². The third-order valence-electron chi connectivity index (χ3n) is 10.4. The Hall–Kier alpha value is -3.81. The lowest BCUT2D eigenvalue weighted by Gasteiger charge is -2.39. The topological polar surface area (TPSA) is 184 Å². The number of likely N-dealkylation sites (N-methyl/N-ethyl adjacent to an activating group) is 2. The summed E-state index contributed by atoms with van der Waals surface area (Å²) >= 11 is 0. The molecule has 56 heavy (non-hydrogen) atoms. The summed E-state index contributed by atoms with van der Waals surface area (Å²) in [5.74, 6) is -5.11. The highest BCUT2D eigenvalue weighted by Crippen LogP contribution is 2.29. The molecule has 1 aliphatic heterocycles. The highest BCUT2D eigenvalue weighted by Gasteiger charge is 2.43. The first-order chi connectivity index (χ1) is 26.0. The van der Waals surface area contributed by atoms with Crippen molar-refractivity contribution in [1.29, 1.82) is 0 Å². The highest BCUT2D eigenvalue weighted by atomic mass is 32.2. The first kappa shape index (κ1) is 48.3. The molecule has 3 N–H and O–H groups in total. The number of carbonyl (C=O) groups excluding carboxylic acids is 5. The fourth-order valence-corrected chi connectivity index (χ4v) is 8.27. The molecular formula is C37H59F3N6O9S. The van der Waals surface area contributed by atoms with Crippen LogP contribution in [0.2, 0.25) is 0 Å². The second kappa shape index (κ2) is 21.1. The van der Waals surface area contributed by atoms with Gasteiger partial charge >= 0.3 is 12.1 Å². The summed E-state index contributed by atoms with van der Waals surface area (Å²) in [4.78, 5) is 69.3. The Bertz CT molecular complexity index is 1600. The van der Waals surface area contributed by atoms with Crippen LogP contribution in [0, 0.1) is 17.8 Å². The molecule has 19 heteroatoms. The number of nitrogens with zero attached hydrogens (tertiary/aromatic N) is 3. The molecule has 318 valence electrons. The van der Waals surface area contributed by atoms with E-state index < -0.39 is 70.8 Å². The quantitative estimate of drug-likeness (QED) is 0.177. The number of rotatable bonds is 20. The zero-order chi connectivity index (χ0) is 42.7. The second-order valence-corrected chi connectivity index (χ2v) is 16.5. The van der Waals surface area contributed by atoms with Crippen molar-refractivity contribution >= 4 is 39.6 Å². The van der Waals surface area contributed by atoms with Crippen molar-refractivity contribution in [2.24, 2.45) is 17.8 Å². The molecule has 0 bridgehead atoms. The highest BCUT2D eigenvalue weighted by molar-refractivity contribution is 7.90. The van der Waals surface area contributed by atoms with Crippen molar-refractivity contribution in [2.75, 3.05) is 48.5 Å². The van der Waals surface area contributed by atoms with E-state index in [9.17, 15) is 45.6 Å². The summed E-state index contributed by atoms with van der Waals surface area (Å²) in [5.41, 5.74) is 0.194. The lowest BCUT2D eigenvalue weighted by atomic mass is 9.90. The molecule has 1 aromatic carbocycles. The minimum Gasteiger partial charge on any atom is -0.379 e. The molecule has 2 rings (SSSR count). The maximum atomic E-state index is 14.0. The van der Waals surface area contributed by atoms with Gasteiger partial charge < -0.3 is 29.9 Å². The maximum Gasteiger partial charge on any atom is 0.471 e. The number of hydrogen-bond donors (Lipinski definition) is 3. The first-order valence-corrected chi connectivity index (χ1v) is 20.1. The monoisotopic (exact) mass is 820 g/mol. The van der Waals surface area contributed by atoms with Crippen LogP contribution in [0.4, 0.5) is 13.2 Å². The van der Waals surface area contributed by atoms with Gasteiger partial charge in [0.2, 0.25) is 23.6 Å². The maximum absolute atomic E-state index is 14.0. The number of nitrogens with one attached hydrogen (secondary N) is 3. The molecule has 7 atom stereocenters. The molecule has 1 heterocycles. The van der Waals surface area contributed by atoms with E-state index in [4.69, 9.17) is 9.47 Å². The Morgan fingerprint density at radius 1 is 0.946 bits per heavy atom.